The fraction of sp³-hybridized carbons (Fsp3) is 0.174. The minimum absolute atomic E-state index is 0. The number of ether oxygens (including phenoxy) is 1. The van der Waals surface area contributed by atoms with Crippen molar-refractivity contribution in [2.75, 3.05) is 13.2 Å². The Hall–Kier alpha value is -1.45. The van der Waals surface area contributed by atoms with E-state index in [1.807, 2.05) is 61.6 Å². The SMILES string of the molecule is C[n+]1c(N=Nc2ccc([N-]CCOCc3ccccc3)cc2)sc2ccccc21.[K+]. The van der Waals surface area contributed by atoms with Crippen molar-refractivity contribution in [3.05, 3.63) is 89.7 Å². The number of aryl methyl sites for hydroxylation is 1. The summed E-state index contributed by atoms with van der Waals surface area (Å²) in [4.78, 5) is 0. The first kappa shape index (κ1) is 23.2. The van der Waals surface area contributed by atoms with E-state index in [2.05, 4.69) is 44.4 Å². The molecule has 1 aromatic heterocycles. The van der Waals surface area contributed by atoms with Gasteiger partial charge in [-0.3, -0.25) is 0 Å². The monoisotopic (exact) mass is 441 g/mol. The van der Waals surface area contributed by atoms with Crippen LogP contribution in [-0.4, -0.2) is 13.2 Å². The molecule has 30 heavy (non-hydrogen) atoms. The van der Waals surface area contributed by atoms with Crippen molar-refractivity contribution in [3.8, 4) is 0 Å². The topological polar surface area (TPSA) is 51.9 Å². The van der Waals surface area contributed by atoms with Crippen LogP contribution in [0.1, 0.15) is 5.56 Å². The molecule has 3 aromatic carbocycles. The molecule has 146 valence electrons. The zero-order valence-corrected chi connectivity index (χ0v) is 21.2. The van der Waals surface area contributed by atoms with Crippen molar-refractivity contribution in [1.29, 1.82) is 0 Å². The predicted octanol–water partition coefficient (Wildman–Crippen LogP) is 3.37. The quantitative estimate of drug-likeness (QED) is 0.179. The first-order valence-electron chi connectivity index (χ1n) is 9.48. The van der Waals surface area contributed by atoms with Gasteiger partial charge in [0.2, 0.25) is 0 Å². The van der Waals surface area contributed by atoms with Gasteiger partial charge in [0.1, 0.15) is 11.2 Å². The second kappa shape index (κ2) is 11.8. The molecular weight excluding hydrogens is 419 g/mol. The number of para-hydroxylation sites is 1. The minimum atomic E-state index is 0. The molecule has 0 saturated heterocycles. The Morgan fingerprint density at radius 1 is 0.900 bits per heavy atom. The third-order valence-corrected chi connectivity index (χ3v) is 5.56. The molecule has 5 nitrogen and oxygen atoms in total. The maximum Gasteiger partial charge on any atom is 1.00 e. The zero-order valence-electron chi connectivity index (χ0n) is 17.2. The van der Waals surface area contributed by atoms with Crippen LogP contribution in [0.5, 0.6) is 0 Å². The summed E-state index contributed by atoms with van der Waals surface area (Å²) in [7, 11) is 2.01. The van der Waals surface area contributed by atoms with Gasteiger partial charge in [-0.2, -0.15) is 0 Å². The van der Waals surface area contributed by atoms with Crippen LogP contribution in [0.25, 0.3) is 15.5 Å². The van der Waals surface area contributed by atoms with Crippen LogP contribution < -0.4 is 56.0 Å². The van der Waals surface area contributed by atoms with Gasteiger partial charge in [0.25, 0.3) is 0 Å². The van der Waals surface area contributed by atoms with E-state index in [-0.39, 0.29) is 51.4 Å². The first-order valence-corrected chi connectivity index (χ1v) is 10.3. The second-order valence-electron chi connectivity index (χ2n) is 6.55. The van der Waals surface area contributed by atoms with E-state index in [1.165, 1.54) is 10.3 Å². The second-order valence-corrected chi connectivity index (χ2v) is 7.56. The van der Waals surface area contributed by atoms with Gasteiger partial charge in [0, 0.05) is 6.61 Å². The molecule has 0 unspecified atom stereocenters. The van der Waals surface area contributed by atoms with E-state index in [4.69, 9.17) is 4.74 Å². The predicted molar refractivity (Wildman–Crippen MR) is 118 cm³/mol. The van der Waals surface area contributed by atoms with Crippen molar-refractivity contribution in [1.82, 2.24) is 0 Å². The number of hydrogen-bond acceptors (Lipinski definition) is 4. The molecule has 0 aliphatic carbocycles. The average molecular weight is 442 g/mol. The number of nitrogens with zero attached hydrogens (tertiary/aromatic N) is 4. The normalized spacial score (nSPS) is 11.0. The molecule has 0 aliphatic heterocycles. The number of benzene rings is 3. The summed E-state index contributed by atoms with van der Waals surface area (Å²) in [6.07, 6.45) is 0. The van der Waals surface area contributed by atoms with Gasteiger partial charge in [-0.25, -0.2) is 4.57 Å². The van der Waals surface area contributed by atoms with Gasteiger partial charge in [-0.15, -0.1) is 12.2 Å². The summed E-state index contributed by atoms with van der Waals surface area (Å²) in [6.45, 7) is 1.84. The Morgan fingerprint density at radius 3 is 2.40 bits per heavy atom. The summed E-state index contributed by atoms with van der Waals surface area (Å²) in [5.74, 6) is 0. The van der Waals surface area contributed by atoms with E-state index < -0.39 is 0 Å². The molecule has 0 radical (unpaired) electrons. The van der Waals surface area contributed by atoms with Gasteiger partial charge in [-0.1, -0.05) is 54.6 Å². The Balaban J connectivity index is 0.00000256. The Bertz CT molecular complexity index is 1100. The van der Waals surface area contributed by atoms with E-state index in [0.717, 1.165) is 22.0 Å². The van der Waals surface area contributed by atoms with Crippen molar-refractivity contribution in [2.45, 2.75) is 6.61 Å². The summed E-state index contributed by atoms with van der Waals surface area (Å²) in [6, 6.07) is 26.2. The summed E-state index contributed by atoms with van der Waals surface area (Å²) in [5, 5.41) is 14.2. The summed E-state index contributed by atoms with van der Waals surface area (Å²) < 4.78 is 8.92. The van der Waals surface area contributed by atoms with E-state index >= 15 is 0 Å². The molecule has 0 atom stereocenters. The fourth-order valence-corrected chi connectivity index (χ4v) is 3.88. The number of azo groups is 1. The van der Waals surface area contributed by atoms with Crippen LogP contribution in [0.3, 0.4) is 0 Å². The smallest absolute Gasteiger partial charge is 0.683 e. The third kappa shape index (κ3) is 6.27. The van der Waals surface area contributed by atoms with Crippen molar-refractivity contribution >= 4 is 38.1 Å². The van der Waals surface area contributed by atoms with Crippen LogP contribution in [0.2, 0.25) is 0 Å². The molecule has 4 aromatic rings. The molecule has 0 saturated carbocycles. The van der Waals surface area contributed by atoms with Crippen LogP contribution in [0.4, 0.5) is 16.5 Å². The van der Waals surface area contributed by atoms with Crippen molar-refractivity contribution in [3.63, 3.8) is 0 Å². The number of hydrogen-bond donors (Lipinski definition) is 0. The first-order chi connectivity index (χ1) is 14.3. The number of fused-ring (bicyclic) bond motifs is 1. The Morgan fingerprint density at radius 2 is 1.63 bits per heavy atom. The van der Waals surface area contributed by atoms with Gasteiger partial charge in [0.15, 0.2) is 0 Å². The summed E-state index contributed by atoms with van der Waals surface area (Å²) >= 11 is 1.63. The molecular formula is C23H22KN4OS+. The zero-order chi connectivity index (χ0) is 19.9. The Labute approximate surface area is 223 Å². The van der Waals surface area contributed by atoms with Gasteiger partial charge < -0.3 is 10.1 Å². The fourth-order valence-electron chi connectivity index (χ4n) is 2.91. The molecule has 0 aliphatic rings. The molecule has 0 N–H and O–H groups in total. The van der Waals surface area contributed by atoms with Crippen molar-refractivity contribution in [2.24, 2.45) is 17.3 Å². The van der Waals surface area contributed by atoms with Gasteiger partial charge in [-0.05, 0) is 46.3 Å². The standard InChI is InChI=1S/C23H22N4OS.K/c1-27-21-9-5-6-10-22(21)29-23(27)26-25-20-13-11-19(12-14-20)24-15-16-28-17-18-7-3-2-4-8-18;/h2-14H,15-17H2,1H3;/q;+1. The van der Waals surface area contributed by atoms with Crippen LogP contribution in [0, 0.1) is 0 Å². The molecule has 4 rings (SSSR count). The van der Waals surface area contributed by atoms with E-state index in [0.29, 0.717) is 19.8 Å². The van der Waals surface area contributed by atoms with Crippen LogP contribution in [0.15, 0.2) is 89.1 Å². The number of thiazole rings is 1. The molecule has 0 bridgehead atoms. The Kier molecular flexibility index (Phi) is 9.14. The molecule has 0 fully saturated rings. The van der Waals surface area contributed by atoms with Crippen LogP contribution >= 0.6 is 11.3 Å². The molecule has 7 heteroatoms. The van der Waals surface area contributed by atoms with E-state index in [1.54, 1.807) is 11.3 Å². The maximum atomic E-state index is 5.66. The van der Waals surface area contributed by atoms with Gasteiger partial charge in [0.05, 0.1) is 23.5 Å². The maximum absolute atomic E-state index is 5.66. The van der Waals surface area contributed by atoms with Crippen LogP contribution in [-0.2, 0) is 18.4 Å². The third-order valence-electron chi connectivity index (χ3n) is 4.46. The number of aromatic nitrogens is 1. The number of rotatable bonds is 8. The largest absolute Gasteiger partial charge is 1.00 e. The minimum Gasteiger partial charge on any atom is -0.683 e. The summed E-state index contributed by atoms with van der Waals surface area (Å²) in [5.41, 5.74) is 4.06. The van der Waals surface area contributed by atoms with E-state index in [9.17, 15) is 0 Å². The molecule has 1 heterocycles. The molecule has 0 spiro atoms. The van der Waals surface area contributed by atoms with Crippen molar-refractivity contribution < 1.29 is 60.7 Å². The molecule has 0 amide bonds. The average Bonchev–Trinajstić information content (AvgIpc) is 3.09. The van der Waals surface area contributed by atoms with Gasteiger partial charge >= 0.3 is 56.5 Å².